The summed E-state index contributed by atoms with van der Waals surface area (Å²) in [5, 5.41) is 0. The highest BCUT2D eigenvalue weighted by molar-refractivity contribution is 6.02. The molecule has 0 aliphatic heterocycles. The molecule has 0 spiro atoms. The number of ether oxygens (including phenoxy) is 1. The van der Waals surface area contributed by atoms with Crippen LogP contribution in [0.3, 0.4) is 0 Å². The Morgan fingerprint density at radius 3 is 2.77 bits per heavy atom. The van der Waals surface area contributed by atoms with Crippen LogP contribution < -0.4 is 3.79 Å². The summed E-state index contributed by atoms with van der Waals surface area (Å²) in [7, 11) is 0. The lowest BCUT2D eigenvalue weighted by atomic mass is 10.2. The first-order valence-corrected chi connectivity index (χ1v) is 4.39. The van der Waals surface area contributed by atoms with E-state index in [1.807, 2.05) is 0 Å². The first kappa shape index (κ1) is 10.1. The number of rotatable bonds is 3. The van der Waals surface area contributed by atoms with E-state index in [0.717, 1.165) is 0 Å². The molecule has 1 rings (SSSR count). The number of esters is 1. The minimum Gasteiger partial charge on any atom is -0.653 e. The average Bonchev–Trinajstić information content (AvgIpc) is 2.18. The van der Waals surface area contributed by atoms with E-state index in [-0.39, 0.29) is 5.97 Å². The lowest BCUT2D eigenvalue weighted by molar-refractivity contribution is 0.0524. The Morgan fingerprint density at radius 1 is 1.46 bits per heavy atom. The first-order valence-electron chi connectivity index (χ1n) is 3.92. The summed E-state index contributed by atoms with van der Waals surface area (Å²) in [6.07, 6.45) is 0. The molecule has 0 saturated carbocycles. The average molecular weight is 192 g/mol. The molecule has 0 amide bonds. The Balaban J connectivity index is 2.92. The van der Waals surface area contributed by atoms with Crippen molar-refractivity contribution in [2.24, 2.45) is 0 Å². The van der Waals surface area contributed by atoms with Gasteiger partial charge in [-0.15, -0.1) is 0 Å². The van der Waals surface area contributed by atoms with Gasteiger partial charge in [-0.2, -0.15) is 0 Å². The van der Waals surface area contributed by atoms with Crippen molar-refractivity contribution in [3.05, 3.63) is 29.8 Å². The van der Waals surface area contributed by atoms with Crippen molar-refractivity contribution >= 4 is 22.6 Å². The van der Waals surface area contributed by atoms with E-state index in [0.29, 0.717) is 17.9 Å². The van der Waals surface area contributed by atoms with Gasteiger partial charge in [-0.3, -0.25) is 0 Å². The highest BCUT2D eigenvalue weighted by Crippen LogP contribution is 2.17. The highest BCUT2D eigenvalue weighted by atomic mass is 27.1. The van der Waals surface area contributed by atoms with Crippen LogP contribution in [-0.2, 0) is 4.74 Å². The molecule has 0 saturated heterocycles. The zero-order valence-corrected chi connectivity index (χ0v) is 8.47. The molecule has 0 aromatic heterocycles. The van der Waals surface area contributed by atoms with Crippen LogP contribution in [0, 0.1) is 0 Å². The molecule has 0 bridgehead atoms. The van der Waals surface area contributed by atoms with Crippen LogP contribution in [0.15, 0.2) is 24.3 Å². The third-order valence-electron chi connectivity index (χ3n) is 1.51. The minimum atomic E-state index is -0.361. The second-order valence-electron chi connectivity index (χ2n) is 2.33. The van der Waals surface area contributed by atoms with Crippen LogP contribution in [-0.4, -0.2) is 29.2 Å². The number of hydrogen-bond donors (Lipinski definition) is 0. The largest absolute Gasteiger partial charge is 0.653 e. The van der Waals surface area contributed by atoms with Crippen molar-refractivity contribution in [1.82, 2.24) is 0 Å². The van der Waals surface area contributed by atoms with E-state index in [1.165, 1.54) is 0 Å². The molecule has 13 heavy (non-hydrogen) atoms. The summed E-state index contributed by atoms with van der Waals surface area (Å²) in [6, 6.07) is 6.93. The lowest BCUT2D eigenvalue weighted by Gasteiger charge is -2.08. The molecule has 1 aromatic rings. The molecular weight excluding hydrogens is 183 g/mol. The predicted molar refractivity (Wildman–Crippen MR) is 48.8 cm³/mol. The number of carbonyl (C=O) groups is 1. The van der Waals surface area contributed by atoms with Gasteiger partial charge in [0.05, 0.1) is 17.9 Å². The van der Waals surface area contributed by atoms with Gasteiger partial charge >= 0.3 is 22.6 Å². The van der Waals surface area contributed by atoms with Crippen molar-refractivity contribution in [2.45, 2.75) is 6.92 Å². The van der Waals surface area contributed by atoms with Gasteiger partial charge < -0.3 is 8.53 Å². The smallest absolute Gasteiger partial charge is 0.482 e. The van der Waals surface area contributed by atoms with E-state index < -0.39 is 0 Å². The maximum atomic E-state index is 11.3. The zero-order chi connectivity index (χ0) is 9.68. The molecule has 2 radical (unpaired) electrons. The molecule has 0 aliphatic rings. The van der Waals surface area contributed by atoms with Crippen LogP contribution >= 0.6 is 0 Å². The fraction of sp³-hybridized carbons (Fsp3) is 0.222. The zero-order valence-electron chi connectivity index (χ0n) is 7.32. The maximum absolute atomic E-state index is 11.3. The Labute approximate surface area is 85.4 Å². The monoisotopic (exact) mass is 192 g/mol. The van der Waals surface area contributed by atoms with Gasteiger partial charge in [-0.25, -0.2) is 4.79 Å². The molecular formula is C9H9AlO3. The summed E-state index contributed by atoms with van der Waals surface area (Å²) in [6.45, 7) is 2.13. The number of para-hydroxylation sites is 1. The van der Waals surface area contributed by atoms with Gasteiger partial charge in [0, 0.05) is 0 Å². The normalized spacial score (nSPS) is 9.31. The van der Waals surface area contributed by atoms with Crippen molar-refractivity contribution < 1.29 is 13.3 Å². The lowest BCUT2D eigenvalue weighted by Crippen LogP contribution is -2.06. The first-order chi connectivity index (χ1) is 6.29. The van der Waals surface area contributed by atoms with Gasteiger partial charge in [0.1, 0.15) is 0 Å². The molecule has 1 aromatic carbocycles. The number of hydrogen-bond acceptors (Lipinski definition) is 3. The highest BCUT2D eigenvalue weighted by Gasteiger charge is 2.10. The second kappa shape index (κ2) is 4.91. The van der Waals surface area contributed by atoms with Crippen molar-refractivity contribution in [2.75, 3.05) is 6.61 Å². The standard InChI is InChI=1S/C9H10O3.Al/c1-2-12-9(11)7-5-3-4-6-8(7)10;/h3-6,10H,2H2,1H3;/q;+1/p-1. The van der Waals surface area contributed by atoms with Crippen molar-refractivity contribution in [3.8, 4) is 5.75 Å². The molecule has 4 heteroatoms. The molecule has 0 fully saturated rings. The fourth-order valence-electron chi connectivity index (χ4n) is 0.947. The van der Waals surface area contributed by atoms with Crippen LogP contribution in [0.25, 0.3) is 0 Å². The molecule has 0 atom stereocenters. The van der Waals surface area contributed by atoms with Gasteiger partial charge in [0.2, 0.25) is 0 Å². The van der Waals surface area contributed by atoms with Gasteiger partial charge in [0.15, 0.2) is 0 Å². The van der Waals surface area contributed by atoms with Crippen LogP contribution in [0.2, 0.25) is 0 Å². The Kier molecular flexibility index (Phi) is 3.81. The summed E-state index contributed by atoms with van der Waals surface area (Å²) < 4.78 is 9.77. The molecule has 0 aliphatic carbocycles. The SMILES string of the molecule is CCOC(=O)c1ccccc1[O][Al]. The van der Waals surface area contributed by atoms with E-state index in [2.05, 4.69) is 16.6 Å². The molecule has 0 heterocycles. The van der Waals surface area contributed by atoms with Gasteiger partial charge in [0.25, 0.3) is 0 Å². The van der Waals surface area contributed by atoms with E-state index in [1.54, 1.807) is 31.2 Å². The van der Waals surface area contributed by atoms with Gasteiger partial charge in [-0.05, 0) is 19.1 Å². The Morgan fingerprint density at radius 2 is 2.15 bits per heavy atom. The Hall–Kier alpha value is -0.978. The fourth-order valence-corrected chi connectivity index (χ4v) is 1.15. The summed E-state index contributed by atoms with van der Waals surface area (Å²) in [5.41, 5.74) is 0.444. The summed E-state index contributed by atoms with van der Waals surface area (Å²) in [5.74, 6) is 0.145. The minimum absolute atomic E-state index is 0.361. The Bertz CT molecular complexity index is 299. The summed E-state index contributed by atoms with van der Waals surface area (Å²) >= 11 is 2.10. The van der Waals surface area contributed by atoms with Crippen molar-refractivity contribution in [1.29, 1.82) is 0 Å². The van der Waals surface area contributed by atoms with Crippen LogP contribution in [0.5, 0.6) is 5.75 Å². The van der Waals surface area contributed by atoms with Gasteiger partial charge in [-0.1, -0.05) is 12.1 Å². The van der Waals surface area contributed by atoms with Crippen LogP contribution in [0.1, 0.15) is 17.3 Å². The molecule has 0 unspecified atom stereocenters. The third-order valence-corrected chi connectivity index (χ3v) is 1.76. The third kappa shape index (κ3) is 2.48. The van der Waals surface area contributed by atoms with Crippen molar-refractivity contribution in [3.63, 3.8) is 0 Å². The molecule has 0 N–H and O–H groups in total. The summed E-state index contributed by atoms with van der Waals surface area (Å²) in [4.78, 5) is 11.3. The number of carbonyl (C=O) groups excluding carboxylic acids is 1. The molecule has 66 valence electrons. The van der Waals surface area contributed by atoms with E-state index in [9.17, 15) is 4.79 Å². The van der Waals surface area contributed by atoms with E-state index >= 15 is 0 Å². The second-order valence-corrected chi connectivity index (χ2v) is 2.57. The predicted octanol–water partition coefficient (Wildman–Crippen LogP) is 1.33. The maximum Gasteiger partial charge on any atom is 0.482 e. The quantitative estimate of drug-likeness (QED) is 0.535. The van der Waals surface area contributed by atoms with E-state index in [4.69, 9.17) is 8.53 Å². The topological polar surface area (TPSA) is 35.5 Å². The number of benzene rings is 1. The molecule has 3 nitrogen and oxygen atoms in total. The van der Waals surface area contributed by atoms with Crippen LogP contribution in [0.4, 0.5) is 0 Å².